The number of aromatic hydroxyl groups is 1. The molecule has 6 N–H and O–H groups in total. The summed E-state index contributed by atoms with van der Waals surface area (Å²) in [6.45, 7) is 4.43. The number of hydrogen-bond acceptors (Lipinski definition) is 6. The molecule has 11 heteroatoms. The summed E-state index contributed by atoms with van der Waals surface area (Å²) < 4.78 is 0. The maximum absolute atomic E-state index is 11.8. The summed E-state index contributed by atoms with van der Waals surface area (Å²) in [4.78, 5) is 57.2. The van der Waals surface area contributed by atoms with Crippen LogP contribution in [0.3, 0.4) is 0 Å². The molecule has 0 fully saturated rings. The normalized spacial score (nSPS) is 9.96. The van der Waals surface area contributed by atoms with E-state index in [1.165, 1.54) is 6.92 Å². The van der Waals surface area contributed by atoms with Crippen molar-refractivity contribution in [2.45, 2.75) is 6.92 Å². The van der Waals surface area contributed by atoms with Crippen LogP contribution in [0.5, 0.6) is 5.75 Å². The minimum atomic E-state index is -2.04. The van der Waals surface area contributed by atoms with Crippen molar-refractivity contribution >= 4 is 35.5 Å². The average Bonchev–Trinajstić information content (AvgIpc) is 2.45. The van der Waals surface area contributed by atoms with E-state index in [1.54, 1.807) is 0 Å². The third-order valence-electron chi connectivity index (χ3n) is 2.96. The zero-order valence-corrected chi connectivity index (χ0v) is 12.5. The number of aromatic carboxylic acids is 4. The first kappa shape index (κ1) is 19.2. The summed E-state index contributed by atoms with van der Waals surface area (Å²) in [6, 6.07) is 0. The molecule has 1 rings (SSSR count). The van der Waals surface area contributed by atoms with Gasteiger partial charge in [0, 0.05) is 5.57 Å². The smallest absolute Gasteiger partial charge is 0.340 e. The molecular formula is C14H11NO10. The van der Waals surface area contributed by atoms with Gasteiger partial charge in [-0.1, -0.05) is 6.58 Å². The molecule has 1 aromatic carbocycles. The van der Waals surface area contributed by atoms with Crippen LogP contribution in [0.4, 0.5) is 5.69 Å². The van der Waals surface area contributed by atoms with Crippen molar-refractivity contribution < 1.29 is 49.5 Å². The van der Waals surface area contributed by atoms with Gasteiger partial charge in [-0.15, -0.1) is 0 Å². The SMILES string of the molecule is C=C(C)C(=O)Nc1c(C(=O)O)c(C(=O)O)c(O)c(C(=O)O)c1C(=O)O. The molecule has 0 spiro atoms. The molecule has 0 aliphatic heterocycles. The fraction of sp³-hybridized carbons (Fsp3) is 0.0714. The first-order chi connectivity index (χ1) is 11.4. The number of rotatable bonds is 6. The minimum Gasteiger partial charge on any atom is -0.506 e. The molecule has 0 aliphatic rings. The summed E-state index contributed by atoms with van der Waals surface area (Å²) in [5.41, 5.74) is -6.64. The molecule has 0 saturated heterocycles. The fourth-order valence-corrected chi connectivity index (χ4v) is 1.93. The van der Waals surface area contributed by atoms with E-state index in [4.69, 9.17) is 10.2 Å². The van der Waals surface area contributed by atoms with Crippen LogP contribution in [-0.2, 0) is 4.79 Å². The van der Waals surface area contributed by atoms with Crippen LogP contribution in [-0.4, -0.2) is 55.3 Å². The largest absolute Gasteiger partial charge is 0.506 e. The lowest BCUT2D eigenvalue weighted by Crippen LogP contribution is -2.24. The van der Waals surface area contributed by atoms with Crippen LogP contribution in [0.1, 0.15) is 48.4 Å². The van der Waals surface area contributed by atoms with E-state index in [-0.39, 0.29) is 5.57 Å². The Balaban J connectivity index is 4.17. The highest BCUT2D eigenvalue weighted by Gasteiger charge is 2.36. The lowest BCUT2D eigenvalue weighted by molar-refractivity contribution is -0.112. The Morgan fingerprint density at radius 1 is 0.760 bits per heavy atom. The first-order valence-electron chi connectivity index (χ1n) is 6.24. The summed E-state index contributed by atoms with van der Waals surface area (Å²) in [5.74, 6) is -10.7. The fourth-order valence-electron chi connectivity index (χ4n) is 1.93. The van der Waals surface area contributed by atoms with Gasteiger partial charge in [0.2, 0.25) is 0 Å². The number of carbonyl (C=O) groups is 5. The van der Waals surface area contributed by atoms with E-state index in [1.807, 2.05) is 5.32 Å². The number of benzene rings is 1. The van der Waals surface area contributed by atoms with Gasteiger partial charge < -0.3 is 30.8 Å². The van der Waals surface area contributed by atoms with E-state index in [2.05, 4.69) is 6.58 Å². The molecule has 0 atom stereocenters. The molecule has 1 amide bonds. The molecule has 0 aromatic heterocycles. The average molecular weight is 353 g/mol. The van der Waals surface area contributed by atoms with Crippen molar-refractivity contribution in [2.75, 3.05) is 5.32 Å². The van der Waals surface area contributed by atoms with Crippen LogP contribution >= 0.6 is 0 Å². The van der Waals surface area contributed by atoms with Crippen LogP contribution in [0.15, 0.2) is 12.2 Å². The van der Waals surface area contributed by atoms with Gasteiger partial charge in [-0.05, 0) is 6.92 Å². The molecule has 0 unspecified atom stereocenters. The van der Waals surface area contributed by atoms with E-state index < -0.39 is 63.5 Å². The Hall–Kier alpha value is -3.89. The first-order valence-corrected chi connectivity index (χ1v) is 6.24. The van der Waals surface area contributed by atoms with Gasteiger partial charge in [0.15, 0.2) is 0 Å². The number of carbonyl (C=O) groups excluding carboxylic acids is 1. The molecule has 132 valence electrons. The Morgan fingerprint density at radius 3 is 1.32 bits per heavy atom. The maximum atomic E-state index is 11.8. The van der Waals surface area contributed by atoms with E-state index in [0.717, 1.165) is 0 Å². The summed E-state index contributed by atoms with van der Waals surface area (Å²) >= 11 is 0. The van der Waals surface area contributed by atoms with Crippen molar-refractivity contribution in [2.24, 2.45) is 0 Å². The van der Waals surface area contributed by atoms with Gasteiger partial charge in [0.1, 0.15) is 28.0 Å². The van der Waals surface area contributed by atoms with E-state index >= 15 is 0 Å². The van der Waals surface area contributed by atoms with Crippen molar-refractivity contribution in [1.82, 2.24) is 0 Å². The quantitative estimate of drug-likeness (QED) is 0.312. The van der Waals surface area contributed by atoms with Gasteiger partial charge >= 0.3 is 23.9 Å². The number of nitrogens with one attached hydrogen (secondary N) is 1. The van der Waals surface area contributed by atoms with Crippen LogP contribution < -0.4 is 5.32 Å². The zero-order valence-electron chi connectivity index (χ0n) is 12.5. The van der Waals surface area contributed by atoms with Gasteiger partial charge in [-0.25, -0.2) is 19.2 Å². The predicted molar refractivity (Wildman–Crippen MR) is 79.4 cm³/mol. The monoisotopic (exact) mass is 353 g/mol. The second kappa shape index (κ2) is 6.70. The van der Waals surface area contributed by atoms with Gasteiger partial charge in [0.05, 0.1) is 5.69 Å². The van der Waals surface area contributed by atoms with Crippen molar-refractivity contribution in [3.8, 4) is 5.75 Å². The highest BCUT2D eigenvalue weighted by molar-refractivity contribution is 6.20. The molecule has 11 nitrogen and oxygen atoms in total. The van der Waals surface area contributed by atoms with Gasteiger partial charge in [-0.2, -0.15) is 0 Å². The molecule has 25 heavy (non-hydrogen) atoms. The van der Waals surface area contributed by atoms with Gasteiger partial charge in [-0.3, -0.25) is 4.79 Å². The maximum Gasteiger partial charge on any atom is 0.340 e. The molecule has 0 heterocycles. The topological polar surface area (TPSA) is 199 Å². The second-order valence-electron chi connectivity index (χ2n) is 4.68. The van der Waals surface area contributed by atoms with Crippen molar-refractivity contribution in [3.63, 3.8) is 0 Å². The van der Waals surface area contributed by atoms with Crippen molar-refractivity contribution in [3.05, 3.63) is 34.4 Å². The third kappa shape index (κ3) is 3.39. The van der Waals surface area contributed by atoms with Gasteiger partial charge in [0.25, 0.3) is 5.91 Å². The number of phenols is 1. The number of carboxylic acid groups (broad SMARTS) is 4. The summed E-state index contributed by atoms with van der Waals surface area (Å²) in [5, 5.41) is 48.3. The molecule has 0 radical (unpaired) electrons. The molecule has 0 bridgehead atoms. The van der Waals surface area contributed by atoms with Crippen molar-refractivity contribution in [1.29, 1.82) is 0 Å². The Labute approximate surface area is 138 Å². The second-order valence-corrected chi connectivity index (χ2v) is 4.68. The predicted octanol–water partition coefficient (Wildman–Crippen LogP) is 0.700. The lowest BCUT2D eigenvalue weighted by atomic mass is 9.93. The molecule has 1 aromatic rings. The Bertz CT molecular complexity index is 799. The van der Waals surface area contributed by atoms with E-state index in [9.17, 15) is 39.3 Å². The van der Waals surface area contributed by atoms with E-state index in [0.29, 0.717) is 0 Å². The Morgan fingerprint density at radius 2 is 1.08 bits per heavy atom. The molecule has 0 saturated carbocycles. The Kier molecular flexibility index (Phi) is 5.13. The summed E-state index contributed by atoms with van der Waals surface area (Å²) in [7, 11) is 0. The number of amides is 1. The zero-order chi connectivity index (χ0) is 19.6. The highest BCUT2D eigenvalue weighted by Crippen LogP contribution is 2.37. The lowest BCUT2D eigenvalue weighted by Gasteiger charge is -2.17. The standard InChI is InChI=1S/C14H11NO10/c1-3(2)10(17)15-8-4(11(18)19)6(13(22)23)9(16)7(14(24)25)5(8)12(20)21/h16H,1H2,2H3,(H,15,17)(H,18,19)(H,20,21)(H,22,23)(H,24,25). The highest BCUT2D eigenvalue weighted by atomic mass is 16.4. The van der Waals surface area contributed by atoms with Crippen LogP contribution in [0.2, 0.25) is 0 Å². The third-order valence-corrected chi connectivity index (χ3v) is 2.96. The summed E-state index contributed by atoms with van der Waals surface area (Å²) in [6.07, 6.45) is 0. The molecular weight excluding hydrogens is 342 g/mol. The number of hydrogen-bond donors (Lipinski definition) is 6. The molecule has 0 aliphatic carbocycles. The van der Waals surface area contributed by atoms with Crippen LogP contribution in [0.25, 0.3) is 0 Å². The minimum absolute atomic E-state index is 0.200. The number of anilines is 1. The van der Waals surface area contributed by atoms with Crippen LogP contribution in [0, 0.1) is 0 Å². The number of carboxylic acids is 4.